The number of hydrogen-bond acceptors (Lipinski definition) is 5. The van der Waals surface area contributed by atoms with Gasteiger partial charge in [0.2, 0.25) is 5.88 Å². The largest absolute Gasteiger partial charge is 0.478 e. The summed E-state index contributed by atoms with van der Waals surface area (Å²) in [6.45, 7) is 3.67. The zero-order chi connectivity index (χ0) is 13.9. The Morgan fingerprint density at radius 3 is 3.10 bits per heavy atom. The van der Waals surface area contributed by atoms with Crippen LogP contribution >= 0.6 is 0 Å². The summed E-state index contributed by atoms with van der Waals surface area (Å²) in [6, 6.07) is 1.85. The molecular formula is C13H15N5O2. The van der Waals surface area contributed by atoms with E-state index in [2.05, 4.69) is 20.4 Å². The van der Waals surface area contributed by atoms with Gasteiger partial charge < -0.3 is 10.1 Å². The number of rotatable bonds is 3. The van der Waals surface area contributed by atoms with E-state index >= 15 is 0 Å². The molecule has 0 saturated carbocycles. The average Bonchev–Trinajstić information content (AvgIpc) is 2.88. The lowest BCUT2D eigenvalue weighted by molar-refractivity contribution is 0.0944. The summed E-state index contributed by atoms with van der Waals surface area (Å²) < 4.78 is 7.30. The molecule has 1 N–H and O–H groups in total. The molecule has 1 aliphatic heterocycles. The first-order chi connectivity index (χ1) is 9.74. The van der Waals surface area contributed by atoms with Gasteiger partial charge in [0.1, 0.15) is 5.69 Å². The van der Waals surface area contributed by atoms with Crippen LogP contribution in [0.15, 0.2) is 18.5 Å². The van der Waals surface area contributed by atoms with Gasteiger partial charge in [0.25, 0.3) is 5.91 Å². The van der Waals surface area contributed by atoms with Crippen LogP contribution in [0.5, 0.6) is 5.88 Å². The van der Waals surface area contributed by atoms with Crippen molar-refractivity contribution in [3.05, 3.63) is 35.5 Å². The van der Waals surface area contributed by atoms with E-state index in [1.54, 1.807) is 13.1 Å². The van der Waals surface area contributed by atoms with E-state index < -0.39 is 0 Å². The topological polar surface area (TPSA) is 81.9 Å². The second-order valence-corrected chi connectivity index (χ2v) is 4.57. The van der Waals surface area contributed by atoms with Gasteiger partial charge in [-0.3, -0.25) is 9.78 Å². The highest BCUT2D eigenvalue weighted by molar-refractivity contribution is 5.93. The average molecular weight is 273 g/mol. The third kappa shape index (κ3) is 2.47. The first-order valence-electron chi connectivity index (χ1n) is 6.49. The minimum atomic E-state index is -0.248. The van der Waals surface area contributed by atoms with Gasteiger partial charge in [-0.1, -0.05) is 0 Å². The fraction of sp³-hybridized carbons (Fsp3) is 0.385. The molecule has 1 aliphatic rings. The van der Waals surface area contributed by atoms with Crippen molar-refractivity contribution >= 4 is 5.91 Å². The van der Waals surface area contributed by atoms with Crippen molar-refractivity contribution in [3.63, 3.8) is 0 Å². The highest BCUT2D eigenvalue weighted by Crippen LogP contribution is 2.18. The highest BCUT2D eigenvalue weighted by Gasteiger charge is 2.15. The molecule has 0 aliphatic carbocycles. The van der Waals surface area contributed by atoms with Crippen LogP contribution in [0.2, 0.25) is 0 Å². The van der Waals surface area contributed by atoms with E-state index in [1.165, 1.54) is 6.20 Å². The molecule has 0 atom stereocenters. The summed E-state index contributed by atoms with van der Waals surface area (Å²) in [5.41, 5.74) is 1.72. The number of carbonyl (C=O) groups is 1. The monoisotopic (exact) mass is 273 g/mol. The van der Waals surface area contributed by atoms with Crippen molar-refractivity contribution in [3.8, 4) is 5.88 Å². The van der Waals surface area contributed by atoms with Gasteiger partial charge in [0.15, 0.2) is 0 Å². The second kappa shape index (κ2) is 5.28. The molecule has 3 heterocycles. The minimum absolute atomic E-state index is 0.248. The van der Waals surface area contributed by atoms with Gasteiger partial charge in [-0.15, -0.1) is 0 Å². The Hall–Kier alpha value is -2.44. The molecule has 2 aromatic rings. The zero-order valence-corrected chi connectivity index (χ0v) is 11.2. The Labute approximate surface area is 116 Å². The predicted molar refractivity (Wildman–Crippen MR) is 70.3 cm³/mol. The van der Waals surface area contributed by atoms with Gasteiger partial charge >= 0.3 is 0 Å². The van der Waals surface area contributed by atoms with E-state index in [1.807, 2.05) is 10.7 Å². The van der Waals surface area contributed by atoms with E-state index in [0.717, 1.165) is 31.1 Å². The fourth-order valence-corrected chi connectivity index (χ4v) is 2.09. The number of aromatic nitrogens is 4. The molecule has 1 amide bonds. The maximum absolute atomic E-state index is 12.0. The Bertz CT molecular complexity index is 614. The summed E-state index contributed by atoms with van der Waals surface area (Å²) in [5, 5.41) is 7.17. The van der Waals surface area contributed by atoms with Gasteiger partial charge in [-0.25, -0.2) is 9.67 Å². The van der Waals surface area contributed by atoms with Crippen LogP contribution < -0.4 is 10.1 Å². The lowest BCUT2D eigenvalue weighted by Gasteiger charge is -2.13. The maximum Gasteiger partial charge on any atom is 0.272 e. The van der Waals surface area contributed by atoms with Gasteiger partial charge in [0, 0.05) is 31.4 Å². The van der Waals surface area contributed by atoms with Crippen LogP contribution in [0, 0.1) is 6.92 Å². The van der Waals surface area contributed by atoms with Crippen LogP contribution in [-0.2, 0) is 13.1 Å². The van der Waals surface area contributed by atoms with Gasteiger partial charge in [-0.2, -0.15) is 5.10 Å². The molecule has 0 fully saturated rings. The van der Waals surface area contributed by atoms with Gasteiger partial charge in [0.05, 0.1) is 24.5 Å². The Morgan fingerprint density at radius 2 is 2.30 bits per heavy atom. The summed E-state index contributed by atoms with van der Waals surface area (Å²) >= 11 is 0. The van der Waals surface area contributed by atoms with E-state index in [-0.39, 0.29) is 5.91 Å². The predicted octanol–water partition coefficient (Wildman–Crippen LogP) is 0.694. The summed E-state index contributed by atoms with van der Waals surface area (Å²) in [6.07, 6.45) is 4.03. The molecule has 0 spiro atoms. The number of nitrogens with one attached hydrogen (secondary N) is 1. The number of amides is 1. The third-order valence-corrected chi connectivity index (χ3v) is 3.08. The van der Waals surface area contributed by atoms with Crippen LogP contribution in [0.1, 0.15) is 28.3 Å². The number of hydrogen-bond donors (Lipinski definition) is 1. The zero-order valence-electron chi connectivity index (χ0n) is 11.2. The lowest BCUT2D eigenvalue weighted by Crippen LogP contribution is -2.25. The normalized spacial score (nSPS) is 13.4. The van der Waals surface area contributed by atoms with Crippen LogP contribution in [0.25, 0.3) is 0 Å². The molecule has 7 nitrogen and oxygen atoms in total. The SMILES string of the molecule is Cc1nccnc1C(=O)NCc1cc2n(n1)CCCO2. The van der Waals surface area contributed by atoms with Crippen molar-refractivity contribution in [2.45, 2.75) is 26.4 Å². The van der Waals surface area contributed by atoms with Crippen LogP contribution in [-0.4, -0.2) is 32.3 Å². The maximum atomic E-state index is 12.0. The quantitative estimate of drug-likeness (QED) is 0.890. The standard InChI is InChI=1S/C13H15N5O2/c1-9-12(15-4-3-14-9)13(19)16-8-10-7-11-18(17-10)5-2-6-20-11/h3-4,7H,2,5-6,8H2,1H3,(H,16,19). The number of aryl methyl sites for hydroxylation is 2. The number of ether oxygens (including phenoxy) is 1. The minimum Gasteiger partial charge on any atom is -0.478 e. The van der Waals surface area contributed by atoms with Crippen molar-refractivity contribution in [1.29, 1.82) is 0 Å². The summed E-state index contributed by atoms with van der Waals surface area (Å²) in [4.78, 5) is 20.1. The smallest absolute Gasteiger partial charge is 0.272 e. The molecule has 0 radical (unpaired) electrons. The molecule has 7 heteroatoms. The molecule has 0 bridgehead atoms. The molecule has 3 rings (SSSR count). The van der Waals surface area contributed by atoms with Crippen LogP contribution in [0.4, 0.5) is 0 Å². The van der Waals surface area contributed by atoms with E-state index in [0.29, 0.717) is 17.9 Å². The van der Waals surface area contributed by atoms with Crippen molar-refractivity contribution in [2.24, 2.45) is 0 Å². The molecule has 0 aromatic carbocycles. The summed E-state index contributed by atoms with van der Waals surface area (Å²) in [7, 11) is 0. The van der Waals surface area contributed by atoms with Crippen molar-refractivity contribution in [1.82, 2.24) is 25.1 Å². The summed E-state index contributed by atoms with van der Waals surface area (Å²) in [5.74, 6) is 0.513. The van der Waals surface area contributed by atoms with Crippen LogP contribution in [0.3, 0.4) is 0 Å². The second-order valence-electron chi connectivity index (χ2n) is 4.57. The first kappa shape index (κ1) is 12.6. The number of carbonyl (C=O) groups excluding carboxylic acids is 1. The molecule has 0 unspecified atom stereocenters. The van der Waals surface area contributed by atoms with Crippen molar-refractivity contribution < 1.29 is 9.53 Å². The Kier molecular flexibility index (Phi) is 3.32. The molecular weight excluding hydrogens is 258 g/mol. The third-order valence-electron chi connectivity index (χ3n) is 3.08. The highest BCUT2D eigenvalue weighted by atomic mass is 16.5. The molecule has 20 heavy (non-hydrogen) atoms. The lowest BCUT2D eigenvalue weighted by atomic mass is 10.3. The number of fused-ring (bicyclic) bond motifs is 1. The molecule has 104 valence electrons. The van der Waals surface area contributed by atoms with E-state index in [9.17, 15) is 4.79 Å². The Morgan fingerprint density at radius 1 is 1.45 bits per heavy atom. The van der Waals surface area contributed by atoms with Crippen molar-refractivity contribution in [2.75, 3.05) is 6.61 Å². The number of nitrogens with zero attached hydrogens (tertiary/aromatic N) is 4. The van der Waals surface area contributed by atoms with E-state index in [4.69, 9.17) is 4.74 Å². The molecule has 0 saturated heterocycles. The molecule has 2 aromatic heterocycles. The first-order valence-corrected chi connectivity index (χ1v) is 6.49. The van der Waals surface area contributed by atoms with Gasteiger partial charge in [-0.05, 0) is 6.92 Å². The fourth-order valence-electron chi connectivity index (χ4n) is 2.09. The Balaban J connectivity index is 1.66.